The Bertz CT molecular complexity index is 2750. The molecule has 4 amide bonds. The maximum atomic E-state index is 12.9. The van der Waals surface area contributed by atoms with Crippen LogP contribution in [0.15, 0.2) is 43.3 Å². The molecule has 12 rings (SSSR count). The smallest absolute Gasteiger partial charge is 0.333 e. The van der Waals surface area contributed by atoms with Crippen LogP contribution in [-0.2, 0) is 71.4 Å². The third-order valence-corrected chi connectivity index (χ3v) is 17.3. The van der Waals surface area contributed by atoms with Gasteiger partial charge in [-0.15, -0.1) is 0 Å². The first-order valence-corrected chi connectivity index (χ1v) is 25.3. The van der Waals surface area contributed by atoms with Gasteiger partial charge >= 0.3 is 12.1 Å². The molecular formula is C46H50N4O10S2. The minimum atomic E-state index is -4.22. The van der Waals surface area contributed by atoms with Crippen molar-refractivity contribution in [2.24, 2.45) is 11.8 Å². The topological polar surface area (TPSA) is 214 Å². The molecular weight excluding hydrogens is 833 g/mol. The number of aliphatic hydroxyl groups excluding tert-OH is 1. The summed E-state index contributed by atoms with van der Waals surface area (Å²) in [5.74, 6) is 1.32. The van der Waals surface area contributed by atoms with Crippen molar-refractivity contribution >= 4 is 49.3 Å². The Morgan fingerprint density at radius 1 is 0.565 bits per heavy atom. The van der Waals surface area contributed by atoms with E-state index in [9.17, 15) is 36.3 Å². The van der Waals surface area contributed by atoms with E-state index in [1.807, 2.05) is 0 Å². The predicted octanol–water partition coefficient (Wildman–Crippen LogP) is 7.55. The van der Waals surface area contributed by atoms with Gasteiger partial charge in [-0.25, -0.2) is 19.0 Å². The molecule has 2 aromatic heterocycles. The molecule has 5 unspecified atom stereocenters. The van der Waals surface area contributed by atoms with E-state index in [0.29, 0.717) is 22.6 Å². The van der Waals surface area contributed by atoms with Crippen molar-refractivity contribution in [3.63, 3.8) is 0 Å². The highest BCUT2D eigenvalue weighted by Gasteiger charge is 2.44. The van der Waals surface area contributed by atoms with Crippen molar-refractivity contribution in [1.29, 1.82) is 0 Å². The summed E-state index contributed by atoms with van der Waals surface area (Å²) in [6.45, 7) is 0. The van der Waals surface area contributed by atoms with Gasteiger partial charge in [0, 0.05) is 46.8 Å². The Morgan fingerprint density at radius 2 is 1.02 bits per heavy atom. The fraction of sp³-hybridized carbons (Fsp3) is 0.500. The summed E-state index contributed by atoms with van der Waals surface area (Å²) >= 11 is 0. The molecule has 0 saturated heterocycles. The van der Waals surface area contributed by atoms with Crippen molar-refractivity contribution in [3.05, 3.63) is 91.4 Å². The Morgan fingerprint density at radius 3 is 1.55 bits per heavy atom. The Labute approximate surface area is 360 Å². The van der Waals surface area contributed by atoms with E-state index < -0.39 is 38.2 Å². The second-order valence-electron chi connectivity index (χ2n) is 18.6. The van der Waals surface area contributed by atoms with E-state index in [2.05, 4.69) is 32.2 Å². The number of furan rings is 2. The van der Waals surface area contributed by atoms with Crippen molar-refractivity contribution < 1.29 is 45.2 Å². The number of fused-ring (bicyclic) bond motifs is 12. The summed E-state index contributed by atoms with van der Waals surface area (Å²) in [7, 11) is -8.40. The number of rotatable bonds is 6. The molecule has 4 aromatic rings. The minimum absolute atomic E-state index is 0.0378. The molecule has 0 radical (unpaired) electrons. The van der Waals surface area contributed by atoms with Gasteiger partial charge in [0.25, 0.3) is 20.0 Å². The largest absolute Gasteiger partial charge is 0.447 e. The van der Waals surface area contributed by atoms with Gasteiger partial charge in [0.1, 0.15) is 11.5 Å². The molecule has 5 atom stereocenters. The molecule has 0 spiro atoms. The van der Waals surface area contributed by atoms with Gasteiger partial charge in [0.15, 0.2) is 5.78 Å². The Balaban J connectivity index is 0.000000139. The molecule has 2 fully saturated rings. The van der Waals surface area contributed by atoms with Crippen LogP contribution in [0.2, 0.25) is 0 Å². The molecule has 0 aliphatic heterocycles. The summed E-state index contributed by atoms with van der Waals surface area (Å²) in [4.78, 5) is 38.0. The molecule has 2 saturated carbocycles. The molecule has 8 aliphatic carbocycles. The lowest BCUT2D eigenvalue weighted by Crippen LogP contribution is -2.34. The van der Waals surface area contributed by atoms with Crippen LogP contribution in [0.5, 0.6) is 0 Å². The maximum Gasteiger partial charge on any atom is 0.333 e. The van der Waals surface area contributed by atoms with E-state index in [0.717, 1.165) is 149 Å². The van der Waals surface area contributed by atoms with Crippen LogP contribution in [0.4, 0.5) is 21.0 Å². The Kier molecular flexibility index (Phi) is 9.54. The number of benzene rings is 2. The quantitative estimate of drug-likeness (QED) is 0.128. The lowest BCUT2D eigenvalue weighted by molar-refractivity contribution is 0.0910. The van der Waals surface area contributed by atoms with Crippen LogP contribution in [0.1, 0.15) is 154 Å². The summed E-state index contributed by atoms with van der Waals surface area (Å²) in [5.41, 5.74) is 12.1. The number of Topliss-reactive ketones (excluding diaryl/α,β-unsaturated/α-hetero) is 1. The highest BCUT2D eigenvalue weighted by molar-refractivity contribution is 7.90. The van der Waals surface area contributed by atoms with Crippen molar-refractivity contribution in [1.82, 2.24) is 9.44 Å². The third-order valence-electron chi connectivity index (χ3n) is 15.0. The number of aryl methyl sites for hydroxylation is 4. The van der Waals surface area contributed by atoms with Crippen molar-refractivity contribution in [2.75, 3.05) is 10.6 Å². The zero-order valence-corrected chi connectivity index (χ0v) is 36.0. The minimum Gasteiger partial charge on any atom is -0.447 e. The van der Waals surface area contributed by atoms with Crippen LogP contribution in [0.25, 0.3) is 0 Å². The predicted molar refractivity (Wildman–Crippen MR) is 227 cm³/mol. The van der Waals surface area contributed by atoms with Crippen molar-refractivity contribution in [3.8, 4) is 0 Å². The number of urea groups is 2. The molecule has 8 aliphatic rings. The summed E-state index contributed by atoms with van der Waals surface area (Å²) in [5, 5.41) is 15.5. The summed E-state index contributed by atoms with van der Waals surface area (Å²) < 4.78 is 67.0. The number of nitrogens with one attached hydrogen (secondary N) is 4. The average Bonchev–Trinajstić information content (AvgIpc) is 4.08. The first-order chi connectivity index (χ1) is 29.8. The molecule has 14 nitrogen and oxygen atoms in total. The summed E-state index contributed by atoms with van der Waals surface area (Å²) in [6, 6.07) is 5.62. The molecule has 326 valence electrons. The zero-order chi connectivity index (χ0) is 42.7. The fourth-order valence-electron chi connectivity index (χ4n) is 12.1. The lowest BCUT2D eigenvalue weighted by atomic mass is 9.86. The molecule has 16 heteroatoms. The first-order valence-electron chi connectivity index (χ1n) is 22.3. The van der Waals surface area contributed by atoms with E-state index in [1.54, 1.807) is 0 Å². The number of amides is 4. The van der Waals surface area contributed by atoms with E-state index in [4.69, 9.17) is 8.83 Å². The van der Waals surface area contributed by atoms with Crippen LogP contribution < -0.4 is 20.1 Å². The standard InChI is InChI=1S/C23H26N2O5S.C23H24N2O5S/c2*26-21-14-7-8-15(10-14)22-18(21)11-19(30-22)31(28,29)25-23(27)24-20-16-5-1-3-12(16)9-13-4-2-6-17(13)20/h9,11,14-15,21,26H,1-8,10H2,(H2,24,25,27);9,11,14-15H,1-8,10H2,(H2,24,25,27). The van der Waals surface area contributed by atoms with Gasteiger partial charge < -0.3 is 24.6 Å². The number of anilines is 2. The number of carbonyl (C=O) groups excluding carboxylic acids is 3. The number of sulfonamides is 2. The monoisotopic (exact) mass is 882 g/mol. The van der Waals surface area contributed by atoms with Crippen LogP contribution in [0, 0.1) is 11.8 Å². The number of hydrogen-bond acceptors (Lipinski definition) is 10. The Hall–Kier alpha value is -4.93. The number of carbonyl (C=O) groups is 3. The molecule has 62 heavy (non-hydrogen) atoms. The fourth-order valence-corrected chi connectivity index (χ4v) is 13.9. The van der Waals surface area contributed by atoms with Crippen LogP contribution in [-0.4, -0.2) is 39.8 Å². The van der Waals surface area contributed by atoms with Gasteiger partial charge in [-0.2, -0.15) is 16.8 Å². The molecule has 2 aromatic carbocycles. The number of ketones is 1. The normalized spacial score (nSPS) is 24.6. The highest BCUT2D eigenvalue weighted by atomic mass is 32.2. The molecule has 5 N–H and O–H groups in total. The number of aliphatic hydroxyl groups is 1. The number of hydrogen-bond donors (Lipinski definition) is 5. The highest BCUT2D eigenvalue weighted by Crippen LogP contribution is 2.52. The second kappa shape index (κ2) is 14.8. The SMILES string of the molecule is O=C(Nc1c2c(cc3c1CCC3)CCC2)NS(=O)(=O)c1cc2c(o1)C1CCC(C1)C2=O.O=C(Nc1c2c(cc3c1CCC3)CCC2)NS(=O)(=O)c1cc2c(o1)C1CCC(C1)C2O. The lowest BCUT2D eigenvalue weighted by Gasteiger charge is -2.23. The zero-order valence-electron chi connectivity index (χ0n) is 34.4. The van der Waals surface area contributed by atoms with Gasteiger partial charge in [-0.05, 0) is 166 Å². The molecule has 2 heterocycles. The van der Waals surface area contributed by atoms with Gasteiger partial charge in [0.05, 0.1) is 11.7 Å². The van der Waals surface area contributed by atoms with E-state index in [-0.39, 0.29) is 39.6 Å². The summed E-state index contributed by atoms with van der Waals surface area (Å²) in [6.07, 6.45) is 16.0. The van der Waals surface area contributed by atoms with Crippen LogP contribution in [0.3, 0.4) is 0 Å². The van der Waals surface area contributed by atoms with E-state index in [1.165, 1.54) is 34.4 Å². The average molecular weight is 883 g/mol. The first kappa shape index (κ1) is 39.9. The van der Waals surface area contributed by atoms with Gasteiger partial charge in [0.2, 0.25) is 10.2 Å². The van der Waals surface area contributed by atoms with Crippen molar-refractivity contribution in [2.45, 2.75) is 144 Å². The van der Waals surface area contributed by atoms with Gasteiger partial charge in [-0.3, -0.25) is 4.79 Å². The van der Waals surface area contributed by atoms with Gasteiger partial charge in [-0.1, -0.05) is 12.1 Å². The van der Waals surface area contributed by atoms with E-state index >= 15 is 0 Å². The van der Waals surface area contributed by atoms with Crippen LogP contribution >= 0.6 is 0 Å². The third kappa shape index (κ3) is 6.70. The second-order valence-corrected chi connectivity index (χ2v) is 21.8. The maximum absolute atomic E-state index is 12.9. The molecule has 4 bridgehead atoms.